The summed E-state index contributed by atoms with van der Waals surface area (Å²) in [7, 11) is 0. The number of fused-ring (bicyclic) bond motifs is 2. The Morgan fingerprint density at radius 3 is 3.00 bits per heavy atom. The van der Waals surface area contributed by atoms with Gasteiger partial charge in [0.1, 0.15) is 5.60 Å². The van der Waals surface area contributed by atoms with Crippen molar-refractivity contribution in [2.24, 2.45) is 0 Å². The van der Waals surface area contributed by atoms with Gasteiger partial charge in [-0.25, -0.2) is 4.68 Å². The summed E-state index contributed by atoms with van der Waals surface area (Å²) < 4.78 is 8.10. The van der Waals surface area contributed by atoms with Gasteiger partial charge in [-0.3, -0.25) is 4.79 Å². The topological polar surface area (TPSA) is 68.2 Å². The highest BCUT2D eigenvalue weighted by Crippen LogP contribution is 2.44. The molecule has 1 spiro atoms. The van der Waals surface area contributed by atoms with E-state index in [0.717, 1.165) is 60.7 Å². The molecule has 2 aliphatic heterocycles. The Morgan fingerprint density at radius 2 is 2.17 bits per heavy atom. The van der Waals surface area contributed by atoms with Gasteiger partial charge in [0.25, 0.3) is 5.91 Å². The van der Waals surface area contributed by atoms with Gasteiger partial charge in [0.15, 0.2) is 0 Å². The summed E-state index contributed by atoms with van der Waals surface area (Å²) in [6.45, 7) is 5.19. The standard InChI is InChI=1S/C23H26N4O2S/c1-16-4-2-3-5-19(16)27-15-17(14-26-27)13-25-22(28)20-12-18-6-11-29-23(21(18)30-20)7-9-24-10-8-23/h2-5,12,14-15,24H,6-11,13H2,1H3,(H,25,28). The number of hydrogen-bond donors (Lipinski definition) is 2. The summed E-state index contributed by atoms with van der Waals surface area (Å²) in [5, 5.41) is 10.9. The number of nitrogens with zero attached hydrogens (tertiary/aromatic N) is 2. The molecule has 0 radical (unpaired) electrons. The fraction of sp³-hybridized carbons (Fsp3) is 0.391. The molecule has 0 unspecified atom stereocenters. The van der Waals surface area contributed by atoms with Crippen molar-refractivity contribution in [3.63, 3.8) is 0 Å². The van der Waals surface area contributed by atoms with Crippen LogP contribution in [0.4, 0.5) is 0 Å². The molecule has 2 N–H and O–H groups in total. The SMILES string of the molecule is Cc1ccccc1-n1cc(CNC(=O)c2cc3c(s2)C2(CCNCC2)OCC3)cn1. The second kappa shape index (κ2) is 7.98. The first-order valence-corrected chi connectivity index (χ1v) is 11.3. The second-order valence-electron chi connectivity index (χ2n) is 8.07. The molecule has 30 heavy (non-hydrogen) atoms. The molecular formula is C23H26N4O2S. The Hall–Kier alpha value is -2.48. The van der Waals surface area contributed by atoms with Crippen LogP contribution in [0.3, 0.4) is 0 Å². The molecule has 1 saturated heterocycles. The molecule has 3 aromatic rings. The number of amides is 1. The van der Waals surface area contributed by atoms with Gasteiger partial charge in [0.2, 0.25) is 0 Å². The summed E-state index contributed by atoms with van der Waals surface area (Å²) in [6, 6.07) is 10.2. The maximum absolute atomic E-state index is 12.9. The van der Waals surface area contributed by atoms with Crippen LogP contribution >= 0.6 is 11.3 Å². The van der Waals surface area contributed by atoms with E-state index in [9.17, 15) is 4.79 Å². The molecule has 7 heteroatoms. The molecule has 4 heterocycles. The number of ether oxygens (including phenoxy) is 1. The zero-order valence-electron chi connectivity index (χ0n) is 17.1. The fourth-order valence-corrected chi connectivity index (χ4v) is 5.74. The quantitative estimate of drug-likeness (QED) is 0.677. The zero-order chi connectivity index (χ0) is 20.6. The summed E-state index contributed by atoms with van der Waals surface area (Å²) >= 11 is 1.60. The monoisotopic (exact) mass is 422 g/mol. The number of piperidine rings is 1. The lowest BCUT2D eigenvalue weighted by molar-refractivity contribution is -0.0771. The van der Waals surface area contributed by atoms with Crippen LogP contribution in [0.15, 0.2) is 42.7 Å². The van der Waals surface area contributed by atoms with Crippen LogP contribution in [0, 0.1) is 6.92 Å². The minimum absolute atomic E-state index is 0.0258. The highest BCUT2D eigenvalue weighted by Gasteiger charge is 2.41. The first kappa shape index (κ1) is 19.5. The van der Waals surface area contributed by atoms with Crippen LogP contribution in [0.25, 0.3) is 5.69 Å². The van der Waals surface area contributed by atoms with E-state index < -0.39 is 0 Å². The van der Waals surface area contributed by atoms with E-state index in [-0.39, 0.29) is 11.5 Å². The molecule has 0 aliphatic carbocycles. The average Bonchev–Trinajstić information content (AvgIpc) is 3.41. The third kappa shape index (κ3) is 3.57. The van der Waals surface area contributed by atoms with Crippen molar-refractivity contribution in [1.82, 2.24) is 20.4 Å². The van der Waals surface area contributed by atoms with E-state index >= 15 is 0 Å². The van der Waals surface area contributed by atoms with Crippen molar-refractivity contribution < 1.29 is 9.53 Å². The number of para-hydroxylation sites is 1. The molecule has 0 bridgehead atoms. The van der Waals surface area contributed by atoms with Gasteiger partial charge >= 0.3 is 0 Å². The van der Waals surface area contributed by atoms with Crippen LogP contribution in [-0.2, 0) is 23.3 Å². The number of thiophene rings is 1. The third-order valence-corrected chi connectivity index (χ3v) is 7.42. The maximum Gasteiger partial charge on any atom is 0.261 e. The van der Waals surface area contributed by atoms with Crippen molar-refractivity contribution in [2.45, 2.75) is 38.3 Å². The van der Waals surface area contributed by atoms with Gasteiger partial charge in [0, 0.05) is 23.2 Å². The highest BCUT2D eigenvalue weighted by atomic mass is 32.1. The predicted octanol–water partition coefficient (Wildman–Crippen LogP) is 3.32. The van der Waals surface area contributed by atoms with Gasteiger partial charge in [0.05, 0.1) is 23.4 Å². The van der Waals surface area contributed by atoms with Crippen LogP contribution in [-0.4, -0.2) is 35.4 Å². The van der Waals surface area contributed by atoms with E-state index in [0.29, 0.717) is 6.54 Å². The van der Waals surface area contributed by atoms with Gasteiger partial charge in [-0.15, -0.1) is 11.3 Å². The molecule has 2 aromatic heterocycles. The molecule has 1 aromatic carbocycles. The van der Waals surface area contributed by atoms with Crippen molar-refractivity contribution >= 4 is 17.2 Å². The van der Waals surface area contributed by atoms with Gasteiger partial charge in [-0.1, -0.05) is 18.2 Å². The van der Waals surface area contributed by atoms with Gasteiger partial charge < -0.3 is 15.4 Å². The normalized spacial score (nSPS) is 17.6. The minimum atomic E-state index is -0.198. The Balaban J connectivity index is 1.29. The Bertz CT molecular complexity index is 1060. The van der Waals surface area contributed by atoms with Crippen molar-refractivity contribution in [3.8, 4) is 5.69 Å². The lowest BCUT2D eigenvalue weighted by Crippen LogP contribution is -2.43. The fourth-order valence-electron chi connectivity index (χ4n) is 4.41. The molecule has 5 rings (SSSR count). The van der Waals surface area contributed by atoms with Crippen LogP contribution in [0.1, 0.15) is 44.1 Å². The number of rotatable bonds is 4. The van der Waals surface area contributed by atoms with Crippen LogP contribution in [0.5, 0.6) is 0 Å². The first-order valence-electron chi connectivity index (χ1n) is 10.5. The van der Waals surface area contributed by atoms with Crippen LogP contribution in [0.2, 0.25) is 0 Å². The Labute approximate surface area is 180 Å². The van der Waals surface area contributed by atoms with E-state index in [2.05, 4.69) is 34.8 Å². The minimum Gasteiger partial charge on any atom is -0.369 e. The van der Waals surface area contributed by atoms with Gasteiger partial charge in [-0.2, -0.15) is 5.10 Å². The second-order valence-corrected chi connectivity index (χ2v) is 9.12. The number of benzene rings is 1. The summed E-state index contributed by atoms with van der Waals surface area (Å²) in [5.74, 6) is -0.0258. The molecular weight excluding hydrogens is 396 g/mol. The molecule has 1 fully saturated rings. The smallest absolute Gasteiger partial charge is 0.261 e. The molecule has 156 valence electrons. The number of hydrogen-bond acceptors (Lipinski definition) is 5. The van der Waals surface area contributed by atoms with E-state index in [1.807, 2.05) is 35.3 Å². The summed E-state index contributed by atoms with van der Waals surface area (Å²) in [6.07, 6.45) is 6.61. The predicted molar refractivity (Wildman–Crippen MR) is 117 cm³/mol. The first-order chi connectivity index (χ1) is 14.6. The van der Waals surface area contributed by atoms with E-state index in [4.69, 9.17) is 4.74 Å². The lowest BCUT2D eigenvalue weighted by atomic mass is 9.86. The number of aromatic nitrogens is 2. The largest absolute Gasteiger partial charge is 0.369 e. The summed E-state index contributed by atoms with van der Waals surface area (Å²) in [5.41, 5.74) is 4.27. The third-order valence-electron chi connectivity index (χ3n) is 6.06. The van der Waals surface area contributed by atoms with Gasteiger partial charge in [-0.05, 0) is 62.5 Å². The summed E-state index contributed by atoms with van der Waals surface area (Å²) in [4.78, 5) is 14.9. The van der Waals surface area contributed by atoms with E-state index in [1.54, 1.807) is 11.3 Å². The molecule has 2 aliphatic rings. The molecule has 0 saturated carbocycles. The highest BCUT2D eigenvalue weighted by molar-refractivity contribution is 7.14. The van der Waals surface area contributed by atoms with Crippen molar-refractivity contribution in [1.29, 1.82) is 0 Å². The van der Waals surface area contributed by atoms with Crippen molar-refractivity contribution in [3.05, 3.63) is 69.2 Å². The molecule has 0 atom stereocenters. The zero-order valence-corrected chi connectivity index (χ0v) is 17.9. The van der Waals surface area contributed by atoms with Crippen LogP contribution < -0.4 is 10.6 Å². The number of nitrogens with one attached hydrogen (secondary N) is 2. The number of aryl methyl sites for hydroxylation is 1. The lowest BCUT2D eigenvalue weighted by Gasteiger charge is -2.40. The van der Waals surface area contributed by atoms with E-state index in [1.165, 1.54) is 10.4 Å². The number of carbonyl (C=O) groups excluding carboxylic acids is 1. The average molecular weight is 423 g/mol. The Morgan fingerprint density at radius 1 is 1.33 bits per heavy atom. The Kier molecular flexibility index (Phi) is 5.18. The number of carbonyl (C=O) groups is 1. The molecule has 6 nitrogen and oxygen atoms in total. The maximum atomic E-state index is 12.9. The van der Waals surface area contributed by atoms with Crippen molar-refractivity contribution in [2.75, 3.05) is 19.7 Å². The molecule has 1 amide bonds.